The Morgan fingerprint density at radius 2 is 1.16 bits per heavy atom. The van der Waals surface area contributed by atoms with Crippen molar-refractivity contribution < 1.29 is 24.0 Å². The normalized spacial score (nSPS) is 6.32. The van der Waals surface area contributed by atoms with Gasteiger partial charge in [0.1, 0.15) is 5.78 Å². The molecule has 0 radical (unpaired) electrons. The number of hydrogen-bond donors (Lipinski definition) is 4. The molecule has 0 aliphatic carbocycles. The molecule has 0 heterocycles. The van der Waals surface area contributed by atoms with Crippen LogP contribution in [0.4, 0.5) is 0 Å². The fourth-order valence-electron chi connectivity index (χ4n) is 0.364. The summed E-state index contributed by atoms with van der Waals surface area (Å²) < 4.78 is 0. The summed E-state index contributed by atoms with van der Waals surface area (Å²) >= 11 is 0. The highest BCUT2D eigenvalue weighted by Crippen LogP contribution is 1.72. The molecule has 0 bridgehead atoms. The maximum atomic E-state index is 10.6. The average Bonchev–Trinajstić information content (AvgIpc) is 2.77. The average molecular weight is 436 g/mol. The van der Waals surface area contributed by atoms with Crippen molar-refractivity contribution in [3.05, 3.63) is 6.92 Å². The molecule has 9 nitrogen and oxygen atoms in total. The molecule has 0 atom stereocenters. The van der Waals surface area contributed by atoms with Gasteiger partial charge in [-0.25, -0.2) is 5.92 Å². The number of hydrogen-bond acceptors (Lipinski definition) is 5. The maximum Gasteiger partial charge on any atom is 0.231 e. The van der Waals surface area contributed by atoms with E-state index in [0.29, 0.717) is 12.8 Å². The van der Waals surface area contributed by atoms with Crippen LogP contribution in [0.25, 0.3) is 0 Å². The first-order valence-corrected chi connectivity index (χ1v) is 8.96. The van der Waals surface area contributed by atoms with E-state index in [1.807, 2.05) is 6.92 Å². The second kappa shape index (κ2) is 36.9. The van der Waals surface area contributed by atoms with E-state index >= 15 is 0 Å². The highest BCUT2D eigenvalue weighted by Gasteiger charge is 1.88. The van der Waals surface area contributed by atoms with Crippen molar-refractivity contribution in [3.8, 4) is 35.5 Å². The van der Waals surface area contributed by atoms with E-state index in [1.165, 1.54) is 13.8 Å². The van der Waals surface area contributed by atoms with Crippen molar-refractivity contribution in [3.63, 3.8) is 0 Å². The summed E-state index contributed by atoms with van der Waals surface area (Å²) in [6.45, 7) is 9.65. The topological polar surface area (TPSA) is 133 Å². The van der Waals surface area contributed by atoms with Crippen LogP contribution in [0.15, 0.2) is 0 Å². The summed E-state index contributed by atoms with van der Waals surface area (Å²) in [6, 6.07) is 0. The summed E-state index contributed by atoms with van der Waals surface area (Å²) in [7, 11) is 6.32. The molecule has 0 fully saturated rings. The van der Waals surface area contributed by atoms with E-state index in [9.17, 15) is 19.2 Å². The highest BCUT2D eigenvalue weighted by atomic mass is 16.2. The van der Waals surface area contributed by atoms with E-state index < -0.39 is 0 Å². The van der Waals surface area contributed by atoms with Gasteiger partial charge >= 0.3 is 0 Å². The van der Waals surface area contributed by atoms with Gasteiger partial charge in [0.05, 0.1) is 6.42 Å². The molecule has 0 aromatic heterocycles. The van der Waals surface area contributed by atoms with Gasteiger partial charge in [-0.15, -0.1) is 5.92 Å². The van der Waals surface area contributed by atoms with Crippen LogP contribution in [0.2, 0.25) is 0 Å². The van der Waals surface area contributed by atoms with Gasteiger partial charge in [-0.1, -0.05) is 12.8 Å². The zero-order chi connectivity index (χ0) is 25.5. The highest BCUT2D eigenvalue weighted by molar-refractivity contribution is 5.78. The fourth-order valence-corrected chi connectivity index (χ4v) is 0.364. The number of carbonyl (C=O) groups is 5. The van der Waals surface area contributed by atoms with Gasteiger partial charge in [-0.2, -0.15) is 6.92 Å². The summed E-state index contributed by atoms with van der Waals surface area (Å²) in [5.41, 5.74) is 0. The molecule has 0 aliphatic heterocycles. The lowest BCUT2D eigenvalue weighted by molar-refractivity contribution is -0.120. The third-order valence-corrected chi connectivity index (χ3v) is 2.21. The van der Waals surface area contributed by atoms with E-state index in [1.54, 1.807) is 35.1 Å². The molecule has 174 valence electrons. The Balaban J connectivity index is -0.0000000998. The zero-order valence-corrected chi connectivity index (χ0v) is 19.7. The molecule has 0 aromatic carbocycles. The Morgan fingerprint density at radius 1 is 0.806 bits per heavy atom. The predicted octanol–water partition coefficient (Wildman–Crippen LogP) is -0.181. The molecule has 0 aliphatic rings. The quantitative estimate of drug-likeness (QED) is 0.277. The number of nitrogens with one attached hydrogen (secondary N) is 4. The van der Waals surface area contributed by atoms with Gasteiger partial charge < -0.3 is 26.1 Å². The molecule has 0 saturated carbocycles. The smallest absolute Gasteiger partial charge is 0.231 e. The van der Waals surface area contributed by atoms with Crippen LogP contribution in [0.1, 0.15) is 40.5 Å². The lowest BCUT2D eigenvalue weighted by Crippen LogP contribution is -2.16. The van der Waals surface area contributed by atoms with E-state index in [2.05, 4.69) is 63.7 Å². The van der Waals surface area contributed by atoms with Crippen molar-refractivity contribution >= 4 is 29.9 Å². The number of Topliss-reactive ketones (excluding diaryl/α,β-unsaturated/α-hetero) is 1. The van der Waals surface area contributed by atoms with Crippen LogP contribution >= 0.6 is 0 Å². The Labute approximate surface area is 186 Å². The second-order valence-electron chi connectivity index (χ2n) is 4.78. The minimum atomic E-state index is -0.118. The Hall–Kier alpha value is -3.90. The monoisotopic (exact) mass is 435 g/mol. The van der Waals surface area contributed by atoms with Gasteiger partial charge in [-0.3, -0.25) is 25.1 Å². The fraction of sp³-hybridized carbons (Fsp3) is 0.455. The molecule has 9 heteroatoms. The van der Waals surface area contributed by atoms with E-state index in [4.69, 9.17) is 4.79 Å². The molecule has 0 saturated heterocycles. The third-order valence-electron chi connectivity index (χ3n) is 2.21. The molecular formula is C22H35N4O5-. The molecule has 0 unspecified atom stereocenters. The lowest BCUT2D eigenvalue weighted by Gasteiger charge is -1.87. The summed E-state index contributed by atoms with van der Waals surface area (Å²) in [4.78, 5) is 48.9. The van der Waals surface area contributed by atoms with Crippen molar-refractivity contribution in [2.75, 3.05) is 28.2 Å². The minimum absolute atomic E-state index is 0.00463. The first-order valence-electron chi connectivity index (χ1n) is 8.96. The Morgan fingerprint density at radius 3 is 1.39 bits per heavy atom. The van der Waals surface area contributed by atoms with Gasteiger partial charge in [0, 0.05) is 48.5 Å². The molecule has 0 aromatic rings. The van der Waals surface area contributed by atoms with E-state index in [0.717, 1.165) is 0 Å². The Kier molecular flexibility index (Phi) is 45.0. The zero-order valence-electron chi connectivity index (χ0n) is 19.7. The second-order valence-corrected chi connectivity index (χ2v) is 4.78. The van der Waals surface area contributed by atoms with Crippen LogP contribution in [0.3, 0.4) is 0 Å². The summed E-state index contributed by atoms with van der Waals surface area (Å²) in [5, 5.41) is 9.47. The predicted molar refractivity (Wildman–Crippen MR) is 123 cm³/mol. The van der Waals surface area contributed by atoms with Crippen LogP contribution < -0.4 is 21.3 Å². The van der Waals surface area contributed by atoms with Crippen LogP contribution in [-0.4, -0.2) is 58.1 Å². The van der Waals surface area contributed by atoms with Crippen LogP contribution in [0.5, 0.6) is 0 Å². The molecular weight excluding hydrogens is 400 g/mol. The molecule has 0 spiro atoms. The molecule has 4 N–H and O–H groups in total. The number of rotatable bonds is 3. The number of carbonyl (C=O) groups excluding carboxylic acids is 5. The van der Waals surface area contributed by atoms with Crippen molar-refractivity contribution in [1.29, 1.82) is 0 Å². The minimum Gasteiger partial charge on any atom is -0.362 e. The molecule has 4 amide bonds. The molecule has 31 heavy (non-hydrogen) atoms. The van der Waals surface area contributed by atoms with Gasteiger partial charge in [0.15, 0.2) is 0 Å². The van der Waals surface area contributed by atoms with Crippen LogP contribution in [0, 0.1) is 42.4 Å². The van der Waals surface area contributed by atoms with E-state index in [-0.39, 0.29) is 29.9 Å². The summed E-state index contributed by atoms with van der Waals surface area (Å²) in [6.07, 6.45) is 1.46. The van der Waals surface area contributed by atoms with Gasteiger partial charge in [0.2, 0.25) is 24.1 Å². The van der Waals surface area contributed by atoms with Crippen molar-refractivity contribution in [2.24, 2.45) is 0 Å². The standard InChI is InChI=1S/C10H8NO.C4H8O.2C3H7NO.C2H5NO/c1-3-4-5-6-7-8-9-10(12)11-2;1-3-4(2)5;2*1-3(5)4-2;1-3-2-4/h1,9H2,2H3,(H,11,12);3H2,1-2H3;2*1-2H3,(H,4,5);2H,1H3,(H,3,4)/q-1;;;;. The van der Waals surface area contributed by atoms with Crippen molar-refractivity contribution in [2.45, 2.75) is 40.5 Å². The summed E-state index contributed by atoms with van der Waals surface area (Å²) in [5.74, 6) is 14.9. The third kappa shape index (κ3) is 88.3. The van der Waals surface area contributed by atoms with Crippen LogP contribution in [-0.2, 0) is 24.0 Å². The van der Waals surface area contributed by atoms with Gasteiger partial charge in [0.25, 0.3) is 0 Å². The lowest BCUT2D eigenvalue weighted by atomic mass is 10.4. The largest absolute Gasteiger partial charge is 0.362 e. The number of amides is 4. The first-order chi connectivity index (χ1) is 14.5. The Bertz CT molecular complexity index is 651. The first kappa shape index (κ1) is 37.8. The molecule has 0 rings (SSSR count). The SMILES string of the molecule is CCC(C)=O.CNC(C)=O.CNC(C)=O.CNC=O.[CH2-]C#CC#CC#CCC(=O)NC. The number of ketones is 1. The van der Waals surface area contributed by atoms with Gasteiger partial charge in [-0.05, 0) is 18.8 Å². The van der Waals surface area contributed by atoms with Crippen molar-refractivity contribution in [1.82, 2.24) is 21.3 Å². The maximum absolute atomic E-state index is 10.6.